The Bertz CT molecular complexity index is 1090. The molecule has 3 N–H and O–H groups in total. The lowest BCUT2D eigenvalue weighted by molar-refractivity contribution is -0.136. The first-order valence-corrected chi connectivity index (χ1v) is 14.6. The minimum atomic E-state index is -0.945. The van der Waals surface area contributed by atoms with Crippen LogP contribution in [0.5, 0.6) is 0 Å². The highest BCUT2D eigenvalue weighted by Gasteiger charge is 2.32. The van der Waals surface area contributed by atoms with Crippen LogP contribution in [0.25, 0.3) is 0 Å². The second-order valence-electron chi connectivity index (χ2n) is 11.3. The van der Waals surface area contributed by atoms with Crippen molar-refractivity contribution in [2.24, 2.45) is 11.8 Å². The van der Waals surface area contributed by atoms with Gasteiger partial charge in [-0.05, 0) is 67.7 Å². The molecule has 2 aromatic carbocycles. The molecule has 2 aliphatic rings. The average Bonchev–Trinajstić information content (AvgIpc) is 2.96. The van der Waals surface area contributed by atoms with Gasteiger partial charge in [-0.15, -0.1) is 0 Å². The van der Waals surface area contributed by atoms with Crippen molar-refractivity contribution >= 4 is 17.9 Å². The van der Waals surface area contributed by atoms with Gasteiger partial charge in [0.05, 0.1) is 6.42 Å². The molecule has 0 aromatic heterocycles. The van der Waals surface area contributed by atoms with Crippen molar-refractivity contribution in [3.05, 3.63) is 70.8 Å². The molecule has 39 heavy (non-hydrogen) atoms. The first-order chi connectivity index (χ1) is 18.9. The van der Waals surface area contributed by atoms with Crippen molar-refractivity contribution in [1.82, 2.24) is 15.5 Å². The highest BCUT2D eigenvalue weighted by atomic mass is 16.4. The van der Waals surface area contributed by atoms with Crippen LogP contribution in [-0.2, 0) is 17.9 Å². The summed E-state index contributed by atoms with van der Waals surface area (Å²) < 4.78 is 0. The summed E-state index contributed by atoms with van der Waals surface area (Å²) in [6, 6.07) is 15.6. The van der Waals surface area contributed by atoms with Crippen LogP contribution in [0.1, 0.15) is 91.3 Å². The van der Waals surface area contributed by atoms with Gasteiger partial charge in [0.15, 0.2) is 0 Å². The number of urea groups is 1. The standard InChI is InChI=1S/C32H43N3O4/c1-23-7-9-24(10-8-23)21-34-32(39)35(29-17-15-27(16-18-29)26-5-3-2-4-6-26)22-25-11-13-28(14-12-25)31(38)33-20-19-30(36)37/h7-14,26-27,29H,2-6,15-22H2,1H3,(H,33,38)(H,34,39)(H,36,37). The van der Waals surface area contributed by atoms with Gasteiger partial charge in [0, 0.05) is 31.2 Å². The van der Waals surface area contributed by atoms with Crippen molar-refractivity contribution < 1.29 is 19.5 Å². The van der Waals surface area contributed by atoms with Gasteiger partial charge in [0.1, 0.15) is 0 Å². The first kappa shape index (κ1) is 28.7. The van der Waals surface area contributed by atoms with E-state index in [1.54, 1.807) is 12.1 Å². The predicted molar refractivity (Wildman–Crippen MR) is 152 cm³/mol. The highest BCUT2D eigenvalue weighted by molar-refractivity contribution is 5.94. The Morgan fingerprint density at radius 3 is 2.05 bits per heavy atom. The molecular weight excluding hydrogens is 490 g/mol. The predicted octanol–water partition coefficient (Wildman–Crippen LogP) is 6.05. The number of amides is 3. The zero-order valence-corrected chi connectivity index (χ0v) is 23.2. The molecule has 2 aliphatic carbocycles. The lowest BCUT2D eigenvalue weighted by atomic mass is 9.72. The number of carboxylic acids is 1. The van der Waals surface area contributed by atoms with Crippen molar-refractivity contribution in [3.8, 4) is 0 Å². The molecule has 0 aliphatic heterocycles. The summed E-state index contributed by atoms with van der Waals surface area (Å²) in [5, 5.41) is 14.6. The van der Waals surface area contributed by atoms with Gasteiger partial charge in [-0.25, -0.2) is 4.79 Å². The maximum Gasteiger partial charge on any atom is 0.318 e. The molecule has 2 aromatic rings. The summed E-state index contributed by atoms with van der Waals surface area (Å²) in [5.41, 5.74) is 3.72. The van der Waals surface area contributed by atoms with E-state index in [0.717, 1.165) is 35.8 Å². The third-order valence-electron chi connectivity index (χ3n) is 8.52. The summed E-state index contributed by atoms with van der Waals surface area (Å²) in [5.74, 6) is 0.409. The lowest BCUT2D eigenvalue weighted by Crippen LogP contribution is -2.47. The number of aliphatic carboxylic acids is 1. The summed E-state index contributed by atoms with van der Waals surface area (Å²) >= 11 is 0. The van der Waals surface area contributed by atoms with Gasteiger partial charge in [0.2, 0.25) is 0 Å². The smallest absolute Gasteiger partial charge is 0.318 e. The topological polar surface area (TPSA) is 98.7 Å². The number of carbonyl (C=O) groups excluding carboxylic acids is 2. The summed E-state index contributed by atoms with van der Waals surface area (Å²) in [7, 11) is 0. The number of benzene rings is 2. The van der Waals surface area contributed by atoms with Gasteiger partial charge in [-0.1, -0.05) is 74.1 Å². The Labute approximate surface area is 232 Å². The second-order valence-corrected chi connectivity index (χ2v) is 11.3. The quantitative estimate of drug-likeness (QED) is 0.346. The van der Waals surface area contributed by atoms with Crippen LogP contribution in [0.4, 0.5) is 4.79 Å². The van der Waals surface area contributed by atoms with Crippen LogP contribution >= 0.6 is 0 Å². The van der Waals surface area contributed by atoms with Gasteiger partial charge >= 0.3 is 12.0 Å². The minimum Gasteiger partial charge on any atom is -0.481 e. The molecule has 3 amide bonds. The van der Waals surface area contributed by atoms with Gasteiger partial charge < -0.3 is 20.6 Å². The molecule has 210 valence electrons. The Kier molecular flexibility index (Phi) is 10.4. The average molecular weight is 534 g/mol. The fraction of sp³-hybridized carbons (Fsp3) is 0.531. The number of rotatable bonds is 10. The van der Waals surface area contributed by atoms with Crippen molar-refractivity contribution in [2.75, 3.05) is 6.54 Å². The maximum absolute atomic E-state index is 13.5. The zero-order valence-electron chi connectivity index (χ0n) is 23.2. The molecule has 7 nitrogen and oxygen atoms in total. The van der Waals surface area contributed by atoms with E-state index >= 15 is 0 Å². The monoisotopic (exact) mass is 533 g/mol. The number of aryl methyl sites for hydroxylation is 1. The van der Waals surface area contributed by atoms with Crippen LogP contribution in [-0.4, -0.2) is 40.5 Å². The largest absolute Gasteiger partial charge is 0.481 e. The van der Waals surface area contributed by atoms with E-state index < -0.39 is 5.97 Å². The minimum absolute atomic E-state index is 0.0489. The molecule has 0 atom stereocenters. The number of carbonyl (C=O) groups is 3. The van der Waals surface area contributed by atoms with E-state index in [1.807, 2.05) is 17.0 Å². The number of nitrogens with one attached hydrogen (secondary N) is 2. The van der Waals surface area contributed by atoms with E-state index in [4.69, 9.17) is 5.11 Å². The van der Waals surface area contributed by atoms with Gasteiger partial charge in [-0.2, -0.15) is 0 Å². The van der Waals surface area contributed by atoms with Gasteiger partial charge in [-0.3, -0.25) is 9.59 Å². The number of hydrogen-bond donors (Lipinski definition) is 3. The fourth-order valence-electron chi connectivity index (χ4n) is 6.19. The summed E-state index contributed by atoms with van der Waals surface area (Å²) in [6.07, 6.45) is 11.2. The molecule has 4 rings (SSSR count). The van der Waals surface area contributed by atoms with E-state index in [-0.39, 0.29) is 30.9 Å². The molecule has 0 unspecified atom stereocenters. The maximum atomic E-state index is 13.5. The van der Waals surface area contributed by atoms with E-state index in [9.17, 15) is 14.4 Å². The third-order valence-corrected chi connectivity index (χ3v) is 8.52. The Hall–Kier alpha value is -3.35. The first-order valence-electron chi connectivity index (χ1n) is 14.6. The van der Waals surface area contributed by atoms with Crippen LogP contribution in [0.15, 0.2) is 48.5 Å². The SMILES string of the molecule is Cc1ccc(CNC(=O)N(Cc2ccc(C(=O)NCCC(=O)O)cc2)C2CCC(C3CCCCC3)CC2)cc1. The van der Waals surface area contributed by atoms with Crippen LogP contribution in [0.2, 0.25) is 0 Å². The Morgan fingerprint density at radius 2 is 1.41 bits per heavy atom. The molecule has 0 spiro atoms. The molecule has 0 heterocycles. The molecule has 2 saturated carbocycles. The van der Waals surface area contributed by atoms with E-state index in [0.29, 0.717) is 18.7 Å². The Balaban J connectivity index is 1.39. The van der Waals surface area contributed by atoms with Crippen molar-refractivity contribution in [3.63, 3.8) is 0 Å². The molecule has 0 radical (unpaired) electrons. The third kappa shape index (κ3) is 8.57. The summed E-state index contributed by atoms with van der Waals surface area (Å²) in [6.45, 7) is 3.12. The normalized spacial score (nSPS) is 19.7. The molecular formula is C32H43N3O4. The fourth-order valence-corrected chi connectivity index (χ4v) is 6.19. The molecule has 7 heteroatoms. The van der Waals surface area contributed by atoms with E-state index in [1.165, 1.54) is 50.5 Å². The van der Waals surface area contributed by atoms with Crippen molar-refractivity contribution in [1.29, 1.82) is 0 Å². The summed E-state index contributed by atoms with van der Waals surface area (Å²) in [4.78, 5) is 38.6. The number of nitrogens with zero attached hydrogens (tertiary/aromatic N) is 1. The Morgan fingerprint density at radius 1 is 0.795 bits per heavy atom. The van der Waals surface area contributed by atoms with Crippen LogP contribution in [0.3, 0.4) is 0 Å². The van der Waals surface area contributed by atoms with Crippen molar-refractivity contribution in [2.45, 2.75) is 90.3 Å². The second kappa shape index (κ2) is 14.2. The number of carboxylic acid groups (broad SMARTS) is 1. The van der Waals surface area contributed by atoms with Crippen LogP contribution in [0, 0.1) is 18.8 Å². The van der Waals surface area contributed by atoms with E-state index in [2.05, 4.69) is 41.8 Å². The number of hydrogen-bond acceptors (Lipinski definition) is 3. The lowest BCUT2D eigenvalue weighted by Gasteiger charge is -2.40. The zero-order chi connectivity index (χ0) is 27.6. The molecule has 2 fully saturated rings. The molecule has 0 saturated heterocycles. The highest BCUT2D eigenvalue weighted by Crippen LogP contribution is 2.39. The van der Waals surface area contributed by atoms with Gasteiger partial charge in [0.25, 0.3) is 5.91 Å². The van der Waals surface area contributed by atoms with Crippen LogP contribution < -0.4 is 10.6 Å². The molecule has 0 bridgehead atoms.